The number of carbonyl (C=O) groups excluding carboxylic acids is 1. The van der Waals surface area contributed by atoms with E-state index in [0.717, 1.165) is 22.2 Å². The van der Waals surface area contributed by atoms with Crippen LogP contribution in [-0.4, -0.2) is 28.1 Å². The Morgan fingerprint density at radius 3 is 2.41 bits per heavy atom. The summed E-state index contributed by atoms with van der Waals surface area (Å²) in [4.78, 5) is 26.6. The van der Waals surface area contributed by atoms with Gasteiger partial charge >= 0.3 is 5.97 Å². The number of aryl methyl sites for hydroxylation is 3. The van der Waals surface area contributed by atoms with E-state index in [1.54, 1.807) is 16.5 Å². The van der Waals surface area contributed by atoms with Crippen LogP contribution in [0.25, 0.3) is 10.9 Å². The van der Waals surface area contributed by atoms with Gasteiger partial charge < -0.3 is 14.6 Å². The van der Waals surface area contributed by atoms with Crippen molar-refractivity contribution in [2.45, 2.75) is 27.2 Å². The van der Waals surface area contributed by atoms with Crippen molar-refractivity contribution in [1.29, 1.82) is 0 Å². The van der Waals surface area contributed by atoms with Gasteiger partial charge in [-0.1, -0.05) is 24.3 Å². The third-order valence-electron chi connectivity index (χ3n) is 5.16. The average Bonchev–Trinajstić information content (AvgIpc) is 2.91. The molecule has 3 rings (SSSR count). The van der Waals surface area contributed by atoms with Crippen LogP contribution in [0.2, 0.25) is 0 Å². The molecule has 0 aliphatic rings. The highest BCUT2D eigenvalue weighted by Crippen LogP contribution is 2.27. The molecule has 2 aromatic carbocycles. The van der Waals surface area contributed by atoms with Crippen molar-refractivity contribution in [3.05, 3.63) is 64.8 Å². The number of rotatable bonds is 5. The monoisotopic (exact) mass is 364 g/mol. The van der Waals surface area contributed by atoms with Crippen molar-refractivity contribution in [3.63, 3.8) is 0 Å². The number of hydrogen-bond donors (Lipinski definition) is 1. The average molecular weight is 364 g/mol. The maximum Gasteiger partial charge on any atom is 0.352 e. The van der Waals surface area contributed by atoms with Crippen LogP contribution < -0.4 is 4.90 Å². The van der Waals surface area contributed by atoms with E-state index in [1.165, 1.54) is 5.56 Å². The molecule has 0 atom stereocenters. The zero-order valence-electron chi connectivity index (χ0n) is 16.1. The summed E-state index contributed by atoms with van der Waals surface area (Å²) in [6.45, 7) is 6.50. The predicted molar refractivity (Wildman–Crippen MR) is 108 cm³/mol. The number of aromatic carboxylic acids is 1. The van der Waals surface area contributed by atoms with Crippen LogP contribution in [-0.2, 0) is 18.3 Å². The minimum Gasteiger partial charge on any atom is -0.477 e. The third kappa shape index (κ3) is 3.33. The molecular formula is C22H24N2O3. The Balaban J connectivity index is 2.03. The van der Waals surface area contributed by atoms with Crippen LogP contribution in [0.3, 0.4) is 0 Å². The minimum atomic E-state index is -1.02. The Hall–Kier alpha value is -3.08. The highest BCUT2D eigenvalue weighted by atomic mass is 16.4. The summed E-state index contributed by atoms with van der Waals surface area (Å²) in [5.41, 5.74) is 4.67. The molecule has 0 aliphatic carbocycles. The van der Waals surface area contributed by atoms with E-state index in [4.69, 9.17) is 0 Å². The number of fused-ring (bicyclic) bond motifs is 1. The lowest BCUT2D eigenvalue weighted by atomic mass is 10.1. The second kappa shape index (κ2) is 7.27. The molecule has 0 aliphatic heterocycles. The maximum atomic E-state index is 13.1. The number of aromatic nitrogens is 1. The lowest BCUT2D eigenvalue weighted by molar-refractivity contribution is -0.117. The minimum absolute atomic E-state index is 0.0454. The maximum absolute atomic E-state index is 13.1. The number of carboxylic acid groups (broad SMARTS) is 1. The van der Waals surface area contributed by atoms with Crippen LogP contribution in [0.5, 0.6) is 0 Å². The summed E-state index contributed by atoms with van der Waals surface area (Å²) in [5, 5.41) is 10.5. The molecule has 0 unspecified atom stereocenters. The van der Waals surface area contributed by atoms with Gasteiger partial charge in [-0.15, -0.1) is 0 Å². The van der Waals surface area contributed by atoms with Crippen LogP contribution in [0.15, 0.2) is 42.5 Å². The fraction of sp³-hybridized carbons (Fsp3) is 0.273. The summed E-state index contributed by atoms with van der Waals surface area (Å²) < 4.78 is 1.65. The Bertz CT molecular complexity index is 1030. The second-order valence-corrected chi connectivity index (χ2v) is 6.79. The molecular weight excluding hydrogens is 340 g/mol. The van der Waals surface area contributed by atoms with Crippen molar-refractivity contribution >= 4 is 28.5 Å². The first kappa shape index (κ1) is 18.7. The van der Waals surface area contributed by atoms with E-state index in [1.807, 2.05) is 63.2 Å². The van der Waals surface area contributed by atoms with E-state index in [2.05, 4.69) is 0 Å². The van der Waals surface area contributed by atoms with Gasteiger partial charge in [-0.25, -0.2) is 4.79 Å². The van der Waals surface area contributed by atoms with Gasteiger partial charge in [-0.05, 0) is 50.1 Å². The zero-order chi connectivity index (χ0) is 19.7. The molecule has 1 heterocycles. The Labute approximate surface area is 158 Å². The molecule has 0 saturated heterocycles. The zero-order valence-corrected chi connectivity index (χ0v) is 16.1. The quantitative estimate of drug-likeness (QED) is 0.742. The van der Waals surface area contributed by atoms with Crippen molar-refractivity contribution in [3.8, 4) is 0 Å². The van der Waals surface area contributed by atoms with Crippen LogP contribution in [0.4, 0.5) is 5.69 Å². The Morgan fingerprint density at radius 1 is 1.07 bits per heavy atom. The first-order valence-corrected chi connectivity index (χ1v) is 9.02. The molecule has 140 valence electrons. The van der Waals surface area contributed by atoms with E-state index < -0.39 is 5.97 Å². The van der Waals surface area contributed by atoms with Crippen LogP contribution in [0, 0.1) is 13.8 Å². The molecule has 5 heteroatoms. The molecule has 1 N–H and O–H groups in total. The number of para-hydroxylation sites is 1. The van der Waals surface area contributed by atoms with Gasteiger partial charge in [0.2, 0.25) is 5.91 Å². The van der Waals surface area contributed by atoms with Crippen molar-refractivity contribution in [1.82, 2.24) is 4.57 Å². The largest absolute Gasteiger partial charge is 0.477 e. The number of hydrogen-bond acceptors (Lipinski definition) is 2. The number of nitrogens with zero attached hydrogens (tertiary/aromatic N) is 2. The van der Waals surface area contributed by atoms with E-state index >= 15 is 0 Å². The molecule has 27 heavy (non-hydrogen) atoms. The van der Waals surface area contributed by atoms with Gasteiger partial charge in [0.05, 0.1) is 6.42 Å². The molecule has 1 amide bonds. The van der Waals surface area contributed by atoms with Gasteiger partial charge in [0.25, 0.3) is 0 Å². The van der Waals surface area contributed by atoms with E-state index in [0.29, 0.717) is 12.1 Å². The van der Waals surface area contributed by atoms with Crippen LogP contribution in [0.1, 0.15) is 34.1 Å². The summed E-state index contributed by atoms with van der Waals surface area (Å²) >= 11 is 0. The summed E-state index contributed by atoms with van der Waals surface area (Å²) in [7, 11) is 1.72. The third-order valence-corrected chi connectivity index (χ3v) is 5.16. The highest BCUT2D eigenvalue weighted by Gasteiger charge is 2.24. The lowest BCUT2D eigenvalue weighted by Gasteiger charge is -2.22. The fourth-order valence-electron chi connectivity index (χ4n) is 3.57. The van der Waals surface area contributed by atoms with Gasteiger partial charge in [-0.3, -0.25) is 4.79 Å². The number of carbonyl (C=O) groups is 2. The smallest absolute Gasteiger partial charge is 0.352 e. The predicted octanol–water partition coefficient (Wildman–Crippen LogP) is 4.09. The summed E-state index contributed by atoms with van der Waals surface area (Å²) in [6.07, 6.45) is 0.0454. The first-order valence-electron chi connectivity index (χ1n) is 9.02. The second-order valence-electron chi connectivity index (χ2n) is 6.79. The van der Waals surface area contributed by atoms with Crippen molar-refractivity contribution < 1.29 is 14.7 Å². The Kier molecular flexibility index (Phi) is 5.04. The van der Waals surface area contributed by atoms with Crippen LogP contribution >= 0.6 is 0 Å². The highest BCUT2D eigenvalue weighted by molar-refractivity contribution is 6.03. The number of benzene rings is 2. The molecule has 5 nitrogen and oxygen atoms in total. The summed E-state index contributed by atoms with van der Waals surface area (Å²) in [6, 6.07) is 13.4. The summed E-state index contributed by atoms with van der Waals surface area (Å²) in [5.74, 6) is -1.13. The normalized spacial score (nSPS) is 11.0. The number of amides is 1. The molecule has 0 bridgehead atoms. The standard InChI is InChI=1S/C22H24N2O3/c1-5-24(16-11-10-14(2)15(3)12-16)20(25)13-18-17-8-6-7-9-19(17)23(4)21(18)22(26)27/h6-12H,5,13H2,1-4H3,(H,26,27). The molecule has 1 aromatic heterocycles. The van der Waals surface area contributed by atoms with E-state index in [9.17, 15) is 14.7 Å². The molecule has 0 fully saturated rings. The molecule has 0 spiro atoms. The number of carboxylic acids is 1. The van der Waals surface area contributed by atoms with Gasteiger partial charge in [-0.2, -0.15) is 0 Å². The Morgan fingerprint density at radius 2 is 1.78 bits per heavy atom. The van der Waals surface area contributed by atoms with E-state index in [-0.39, 0.29) is 18.0 Å². The van der Waals surface area contributed by atoms with Crippen molar-refractivity contribution in [2.24, 2.45) is 7.05 Å². The first-order chi connectivity index (χ1) is 12.8. The lowest BCUT2D eigenvalue weighted by Crippen LogP contribution is -2.32. The molecule has 0 radical (unpaired) electrons. The molecule has 3 aromatic rings. The topological polar surface area (TPSA) is 62.5 Å². The number of anilines is 1. The number of likely N-dealkylation sites (N-methyl/N-ethyl adjacent to an activating group) is 1. The van der Waals surface area contributed by atoms with Gasteiger partial charge in [0.15, 0.2) is 0 Å². The SMILES string of the molecule is CCN(C(=O)Cc1c(C(=O)O)n(C)c2ccccc12)c1ccc(C)c(C)c1. The van der Waals surface area contributed by atoms with Gasteiger partial charge in [0.1, 0.15) is 5.69 Å². The fourth-order valence-corrected chi connectivity index (χ4v) is 3.57. The van der Waals surface area contributed by atoms with Gasteiger partial charge in [0, 0.05) is 35.7 Å². The molecule has 0 saturated carbocycles. The van der Waals surface area contributed by atoms with Crippen molar-refractivity contribution in [2.75, 3.05) is 11.4 Å².